The smallest absolute Gasteiger partial charge is 0.251 e. The number of amides is 1. The Hall–Kier alpha value is -1.59. The molecule has 0 radical (unpaired) electrons. The summed E-state index contributed by atoms with van der Waals surface area (Å²) in [6.45, 7) is 3.95. The molecule has 0 aliphatic rings. The number of aliphatic hydroxyl groups is 1. The lowest BCUT2D eigenvalue weighted by Crippen LogP contribution is -2.41. The number of aromatic hydroxyl groups is 1. The minimum Gasteiger partial charge on any atom is -0.508 e. The molecule has 0 heterocycles. The van der Waals surface area contributed by atoms with E-state index in [2.05, 4.69) is 5.32 Å². The Kier molecular flexibility index (Phi) is 5.32. The van der Waals surface area contributed by atoms with Crippen molar-refractivity contribution in [1.29, 1.82) is 0 Å². The van der Waals surface area contributed by atoms with Gasteiger partial charge in [-0.2, -0.15) is 0 Å². The molecule has 3 N–H and O–H groups in total. The van der Waals surface area contributed by atoms with Crippen molar-refractivity contribution in [3.05, 3.63) is 29.3 Å². The quantitative estimate of drug-likeness (QED) is 0.724. The summed E-state index contributed by atoms with van der Waals surface area (Å²) in [5.41, 5.74) is 0.0918. The van der Waals surface area contributed by atoms with E-state index >= 15 is 0 Å². The summed E-state index contributed by atoms with van der Waals surface area (Å²) in [5, 5.41) is 22.1. The second kappa shape index (κ2) is 6.54. The molecule has 0 saturated carbocycles. The first-order valence-electron chi connectivity index (χ1n) is 6.15. The summed E-state index contributed by atoms with van der Waals surface area (Å²) in [6.07, 6.45) is 0.443. The summed E-state index contributed by atoms with van der Waals surface area (Å²) in [7, 11) is 1.56. The monoisotopic (exact) mass is 267 g/mol. The SMILES string of the molecule is COCCC(C)(O)CNC(=O)c1ccc(O)c(C)c1. The third-order valence-electron chi connectivity index (χ3n) is 2.93. The Morgan fingerprint density at radius 2 is 2.16 bits per heavy atom. The van der Waals surface area contributed by atoms with Gasteiger partial charge in [0.05, 0.1) is 5.60 Å². The average molecular weight is 267 g/mol. The van der Waals surface area contributed by atoms with E-state index in [9.17, 15) is 15.0 Å². The van der Waals surface area contributed by atoms with Crippen LogP contribution < -0.4 is 5.32 Å². The molecule has 0 bridgehead atoms. The van der Waals surface area contributed by atoms with Crippen molar-refractivity contribution in [3.8, 4) is 5.75 Å². The zero-order valence-corrected chi connectivity index (χ0v) is 11.6. The van der Waals surface area contributed by atoms with Gasteiger partial charge < -0.3 is 20.3 Å². The summed E-state index contributed by atoms with van der Waals surface area (Å²) in [5.74, 6) is -0.121. The van der Waals surface area contributed by atoms with Gasteiger partial charge in [-0.15, -0.1) is 0 Å². The molecule has 0 spiro atoms. The van der Waals surface area contributed by atoms with Gasteiger partial charge in [-0.05, 0) is 37.6 Å². The van der Waals surface area contributed by atoms with Crippen molar-refractivity contribution in [3.63, 3.8) is 0 Å². The van der Waals surface area contributed by atoms with Crippen LogP contribution in [0.1, 0.15) is 29.3 Å². The van der Waals surface area contributed by atoms with Crippen LogP contribution in [0, 0.1) is 6.92 Å². The van der Waals surface area contributed by atoms with Crippen LogP contribution in [-0.4, -0.2) is 42.0 Å². The molecule has 0 aliphatic heterocycles. The van der Waals surface area contributed by atoms with Crippen LogP contribution in [0.5, 0.6) is 5.75 Å². The third-order valence-corrected chi connectivity index (χ3v) is 2.93. The van der Waals surface area contributed by atoms with Crippen LogP contribution in [0.2, 0.25) is 0 Å². The Bertz CT molecular complexity index is 443. The summed E-state index contributed by atoms with van der Waals surface area (Å²) >= 11 is 0. The van der Waals surface area contributed by atoms with Gasteiger partial charge in [0.1, 0.15) is 5.75 Å². The lowest BCUT2D eigenvalue weighted by Gasteiger charge is -2.23. The van der Waals surface area contributed by atoms with Gasteiger partial charge in [0, 0.05) is 32.2 Å². The van der Waals surface area contributed by atoms with Gasteiger partial charge in [0.2, 0.25) is 0 Å². The fourth-order valence-corrected chi connectivity index (χ4v) is 1.58. The number of phenolic OH excluding ortho intramolecular Hbond substituents is 1. The van der Waals surface area contributed by atoms with E-state index in [1.807, 2.05) is 0 Å². The van der Waals surface area contributed by atoms with Gasteiger partial charge in [-0.25, -0.2) is 0 Å². The number of nitrogens with one attached hydrogen (secondary N) is 1. The van der Waals surface area contributed by atoms with Crippen LogP contribution in [-0.2, 0) is 4.74 Å². The van der Waals surface area contributed by atoms with Crippen molar-refractivity contribution < 1.29 is 19.7 Å². The third kappa shape index (κ3) is 4.89. The minimum absolute atomic E-state index is 0.148. The number of phenols is 1. The molecule has 106 valence electrons. The Morgan fingerprint density at radius 1 is 1.47 bits per heavy atom. The lowest BCUT2D eigenvalue weighted by atomic mass is 10.0. The molecule has 19 heavy (non-hydrogen) atoms. The maximum atomic E-state index is 11.9. The van der Waals surface area contributed by atoms with Gasteiger partial charge in [0.25, 0.3) is 5.91 Å². The summed E-state index contributed by atoms with van der Waals surface area (Å²) in [4.78, 5) is 11.9. The van der Waals surface area contributed by atoms with Crippen LogP contribution >= 0.6 is 0 Å². The van der Waals surface area contributed by atoms with Crippen molar-refractivity contribution >= 4 is 5.91 Å². The first-order valence-corrected chi connectivity index (χ1v) is 6.15. The second-order valence-electron chi connectivity index (χ2n) is 4.92. The van der Waals surface area contributed by atoms with E-state index < -0.39 is 5.60 Å². The molecule has 1 aromatic carbocycles. The molecule has 1 atom stereocenters. The van der Waals surface area contributed by atoms with E-state index in [-0.39, 0.29) is 18.2 Å². The molecule has 0 fully saturated rings. The Morgan fingerprint density at radius 3 is 2.74 bits per heavy atom. The van der Waals surface area contributed by atoms with E-state index in [1.165, 1.54) is 6.07 Å². The predicted octanol–water partition coefficient (Wildman–Crippen LogP) is 1.22. The Labute approximate surface area is 113 Å². The number of hydrogen-bond acceptors (Lipinski definition) is 4. The molecule has 1 rings (SSSR count). The molecule has 1 amide bonds. The lowest BCUT2D eigenvalue weighted by molar-refractivity contribution is 0.0243. The molecular weight excluding hydrogens is 246 g/mol. The number of benzene rings is 1. The molecule has 5 heteroatoms. The van der Waals surface area contributed by atoms with Crippen LogP contribution in [0.3, 0.4) is 0 Å². The largest absolute Gasteiger partial charge is 0.508 e. The molecule has 0 saturated heterocycles. The molecule has 1 aromatic rings. The van der Waals surface area contributed by atoms with Crippen LogP contribution in [0.25, 0.3) is 0 Å². The molecule has 0 aliphatic carbocycles. The number of methoxy groups -OCH3 is 1. The van der Waals surface area contributed by atoms with Gasteiger partial charge in [0.15, 0.2) is 0 Å². The van der Waals surface area contributed by atoms with E-state index in [4.69, 9.17) is 4.74 Å². The Balaban J connectivity index is 2.57. The highest BCUT2D eigenvalue weighted by molar-refractivity contribution is 5.94. The first-order chi connectivity index (χ1) is 8.85. The maximum Gasteiger partial charge on any atom is 0.251 e. The zero-order chi connectivity index (χ0) is 14.5. The topological polar surface area (TPSA) is 78.8 Å². The first kappa shape index (κ1) is 15.5. The van der Waals surface area contributed by atoms with Gasteiger partial charge >= 0.3 is 0 Å². The average Bonchev–Trinajstić information content (AvgIpc) is 2.37. The summed E-state index contributed by atoms with van der Waals surface area (Å²) in [6, 6.07) is 4.63. The number of hydrogen-bond donors (Lipinski definition) is 3. The zero-order valence-electron chi connectivity index (χ0n) is 11.6. The number of carbonyl (C=O) groups excluding carboxylic acids is 1. The number of ether oxygens (including phenoxy) is 1. The molecule has 5 nitrogen and oxygen atoms in total. The van der Waals surface area contributed by atoms with Crippen molar-refractivity contribution in [1.82, 2.24) is 5.32 Å². The second-order valence-corrected chi connectivity index (χ2v) is 4.92. The van der Waals surface area contributed by atoms with Crippen molar-refractivity contribution in [2.45, 2.75) is 25.9 Å². The standard InChI is InChI=1S/C14H21NO4/c1-10-8-11(4-5-12(10)16)13(17)15-9-14(2,18)6-7-19-3/h4-5,8,16,18H,6-7,9H2,1-3H3,(H,15,17). The van der Waals surface area contributed by atoms with Crippen molar-refractivity contribution in [2.24, 2.45) is 0 Å². The number of aryl methyl sites for hydroxylation is 1. The number of rotatable bonds is 6. The highest BCUT2D eigenvalue weighted by Gasteiger charge is 2.21. The predicted molar refractivity (Wildman–Crippen MR) is 72.3 cm³/mol. The van der Waals surface area contributed by atoms with E-state index in [0.717, 1.165) is 0 Å². The highest BCUT2D eigenvalue weighted by atomic mass is 16.5. The molecule has 1 unspecified atom stereocenters. The van der Waals surface area contributed by atoms with E-state index in [0.29, 0.717) is 24.2 Å². The summed E-state index contributed by atoms with van der Waals surface area (Å²) < 4.78 is 4.90. The van der Waals surface area contributed by atoms with E-state index in [1.54, 1.807) is 33.1 Å². The van der Waals surface area contributed by atoms with Crippen LogP contribution in [0.15, 0.2) is 18.2 Å². The maximum absolute atomic E-state index is 11.9. The number of carbonyl (C=O) groups is 1. The fraction of sp³-hybridized carbons (Fsp3) is 0.500. The normalized spacial score (nSPS) is 13.9. The van der Waals surface area contributed by atoms with Gasteiger partial charge in [-0.3, -0.25) is 4.79 Å². The highest BCUT2D eigenvalue weighted by Crippen LogP contribution is 2.17. The van der Waals surface area contributed by atoms with Gasteiger partial charge in [-0.1, -0.05) is 0 Å². The fourth-order valence-electron chi connectivity index (χ4n) is 1.58. The van der Waals surface area contributed by atoms with Crippen molar-refractivity contribution in [2.75, 3.05) is 20.3 Å². The minimum atomic E-state index is -1.00. The molecule has 0 aromatic heterocycles. The molecular formula is C14H21NO4. The van der Waals surface area contributed by atoms with Crippen LogP contribution in [0.4, 0.5) is 0 Å².